The zero-order valence-electron chi connectivity index (χ0n) is 21.4. The van der Waals surface area contributed by atoms with Crippen LogP contribution < -0.4 is 5.32 Å². The minimum Gasteiger partial charge on any atom is -0.343 e. The first kappa shape index (κ1) is 26.3. The predicted octanol–water partition coefficient (Wildman–Crippen LogP) is 4.85. The number of carbonyl (C=O) groups is 1. The van der Waals surface area contributed by atoms with Crippen LogP contribution in [0.2, 0.25) is 0 Å². The molecule has 1 atom stereocenters. The molecule has 1 aliphatic carbocycles. The van der Waals surface area contributed by atoms with E-state index < -0.39 is 22.5 Å². The largest absolute Gasteiger partial charge is 0.419 e. The molecule has 1 saturated heterocycles. The van der Waals surface area contributed by atoms with Crippen molar-refractivity contribution in [1.29, 1.82) is 0 Å². The zero-order chi connectivity index (χ0) is 27.2. The second-order valence-corrected chi connectivity index (χ2v) is 11.9. The Morgan fingerprint density at radius 3 is 2.61 bits per heavy atom. The first-order chi connectivity index (χ1) is 18.0. The normalized spacial score (nSPS) is 22.4. The third-order valence-electron chi connectivity index (χ3n) is 7.55. The van der Waals surface area contributed by atoms with Crippen molar-refractivity contribution in [2.75, 3.05) is 18.4 Å². The van der Waals surface area contributed by atoms with E-state index >= 15 is 0 Å². The number of hydrogen-bond acceptors (Lipinski definition) is 6. The summed E-state index contributed by atoms with van der Waals surface area (Å²) in [7, 11) is 0.402. The summed E-state index contributed by atoms with van der Waals surface area (Å²) in [5.41, 5.74) is 0.367. The standard InChI is InChI=1S/C26H29F3N6O2S/c1-4-35-8-7-25(12-22(35)36)10-19(11-25)38(37)18-5-6-21(16(2)9-18)32-24-30-14-20(26(27,28)29)23(33-24)17-13-31-34(3)15-17/h5-6,9,13-15,19H,4,7-8,10-12H2,1-3H3,(H,30,32,33). The van der Waals surface area contributed by atoms with Crippen molar-refractivity contribution in [2.45, 2.75) is 55.9 Å². The number of piperidine rings is 1. The SMILES string of the molecule is CCN1CCC2(CC1=O)CC(S(=O)c1ccc(Nc3ncc(C(F)(F)F)c(-c4cnn(C)c4)n3)c(C)c1)C2. The number of likely N-dealkylation sites (tertiary alicyclic amines) is 1. The second-order valence-electron chi connectivity index (χ2n) is 10.2. The topological polar surface area (TPSA) is 93.0 Å². The predicted molar refractivity (Wildman–Crippen MR) is 137 cm³/mol. The lowest BCUT2D eigenvalue weighted by molar-refractivity contribution is -0.140. The number of hydrogen-bond donors (Lipinski definition) is 1. The van der Waals surface area contributed by atoms with Crippen LogP contribution in [0.25, 0.3) is 11.3 Å². The molecule has 202 valence electrons. The molecular weight excluding hydrogens is 517 g/mol. The second kappa shape index (κ2) is 9.79. The van der Waals surface area contributed by atoms with Gasteiger partial charge in [0.1, 0.15) is 5.56 Å². The Balaban J connectivity index is 1.30. The molecule has 1 amide bonds. The van der Waals surface area contributed by atoms with Crippen LogP contribution in [-0.2, 0) is 28.8 Å². The number of halogens is 3. The maximum atomic E-state index is 13.6. The van der Waals surface area contributed by atoms with Gasteiger partial charge in [0.05, 0.1) is 22.7 Å². The molecule has 0 radical (unpaired) electrons. The summed E-state index contributed by atoms with van der Waals surface area (Å²) in [6, 6.07) is 5.32. The van der Waals surface area contributed by atoms with E-state index in [1.165, 1.54) is 17.1 Å². The van der Waals surface area contributed by atoms with Crippen LogP contribution >= 0.6 is 0 Å². The molecule has 1 N–H and O–H groups in total. The molecule has 3 aromatic rings. The maximum absolute atomic E-state index is 13.6. The van der Waals surface area contributed by atoms with Crippen molar-refractivity contribution in [3.8, 4) is 11.3 Å². The Labute approximate surface area is 221 Å². The lowest BCUT2D eigenvalue weighted by atomic mass is 9.62. The van der Waals surface area contributed by atoms with E-state index in [0.717, 1.165) is 44.1 Å². The number of alkyl halides is 3. The number of rotatable bonds is 6. The zero-order valence-corrected chi connectivity index (χ0v) is 22.2. The lowest BCUT2D eigenvalue weighted by Gasteiger charge is -2.51. The van der Waals surface area contributed by atoms with Gasteiger partial charge in [-0.15, -0.1) is 0 Å². The highest BCUT2D eigenvalue weighted by Crippen LogP contribution is 2.52. The van der Waals surface area contributed by atoms with Gasteiger partial charge in [-0.3, -0.25) is 13.7 Å². The van der Waals surface area contributed by atoms with Gasteiger partial charge < -0.3 is 10.2 Å². The minimum absolute atomic E-state index is 0.00877. The van der Waals surface area contributed by atoms with Crippen molar-refractivity contribution >= 4 is 28.3 Å². The molecule has 2 aromatic heterocycles. The summed E-state index contributed by atoms with van der Waals surface area (Å²) in [4.78, 5) is 23.0. The lowest BCUT2D eigenvalue weighted by Crippen LogP contribution is -2.52. The van der Waals surface area contributed by atoms with Gasteiger partial charge in [-0.25, -0.2) is 9.97 Å². The Morgan fingerprint density at radius 2 is 2.00 bits per heavy atom. The fourth-order valence-electron chi connectivity index (χ4n) is 5.39. The molecule has 1 aliphatic heterocycles. The van der Waals surface area contributed by atoms with Gasteiger partial charge in [-0.1, -0.05) is 0 Å². The average Bonchev–Trinajstić information content (AvgIpc) is 3.28. The smallest absolute Gasteiger partial charge is 0.343 e. The van der Waals surface area contributed by atoms with Gasteiger partial charge >= 0.3 is 6.18 Å². The number of aromatic nitrogens is 4. The Morgan fingerprint density at radius 1 is 1.24 bits per heavy atom. The summed E-state index contributed by atoms with van der Waals surface area (Å²) in [5.74, 6) is 0.198. The van der Waals surface area contributed by atoms with Crippen LogP contribution in [0.1, 0.15) is 43.7 Å². The summed E-state index contributed by atoms with van der Waals surface area (Å²) >= 11 is 0. The van der Waals surface area contributed by atoms with Crippen molar-refractivity contribution < 1.29 is 22.2 Å². The fourth-order valence-corrected chi connectivity index (χ4v) is 7.28. The molecule has 2 fully saturated rings. The molecule has 2 aliphatic rings. The molecule has 1 aromatic carbocycles. The number of amides is 1. The van der Waals surface area contributed by atoms with Gasteiger partial charge in [0.25, 0.3) is 0 Å². The highest BCUT2D eigenvalue weighted by Gasteiger charge is 2.50. The van der Waals surface area contributed by atoms with E-state index in [2.05, 4.69) is 20.4 Å². The first-order valence-corrected chi connectivity index (χ1v) is 13.7. The van der Waals surface area contributed by atoms with Crippen LogP contribution in [0, 0.1) is 12.3 Å². The van der Waals surface area contributed by atoms with Gasteiger partial charge in [-0.2, -0.15) is 18.3 Å². The van der Waals surface area contributed by atoms with E-state index in [4.69, 9.17) is 0 Å². The van der Waals surface area contributed by atoms with Crippen molar-refractivity contribution in [2.24, 2.45) is 12.5 Å². The van der Waals surface area contributed by atoms with Crippen molar-refractivity contribution in [3.63, 3.8) is 0 Å². The fraction of sp³-hybridized carbons (Fsp3) is 0.462. The summed E-state index contributed by atoms with van der Waals surface area (Å²) in [5, 5.41) is 6.96. The highest BCUT2D eigenvalue weighted by molar-refractivity contribution is 7.85. The molecule has 1 spiro atoms. The molecular formula is C26H29F3N6O2S. The van der Waals surface area contributed by atoms with E-state index in [9.17, 15) is 22.2 Å². The molecule has 3 heterocycles. The third kappa shape index (κ3) is 5.05. The van der Waals surface area contributed by atoms with Crippen LogP contribution in [0.4, 0.5) is 24.8 Å². The molecule has 8 nitrogen and oxygen atoms in total. The number of carbonyl (C=O) groups excluding carboxylic acids is 1. The molecule has 38 heavy (non-hydrogen) atoms. The van der Waals surface area contributed by atoms with Crippen LogP contribution in [-0.4, -0.2) is 53.1 Å². The van der Waals surface area contributed by atoms with E-state index in [0.29, 0.717) is 17.0 Å². The number of benzene rings is 1. The van der Waals surface area contributed by atoms with Gasteiger partial charge in [0, 0.05) is 60.3 Å². The number of nitrogens with one attached hydrogen (secondary N) is 1. The Bertz CT molecular complexity index is 1400. The molecule has 1 unspecified atom stereocenters. The number of aryl methyl sites for hydroxylation is 2. The van der Waals surface area contributed by atoms with E-state index in [1.54, 1.807) is 19.2 Å². The minimum atomic E-state index is -4.62. The van der Waals surface area contributed by atoms with Gasteiger partial charge in [-0.05, 0) is 62.3 Å². The Hall–Kier alpha value is -3.28. The molecule has 12 heteroatoms. The van der Waals surface area contributed by atoms with E-state index in [-0.39, 0.29) is 33.8 Å². The monoisotopic (exact) mass is 546 g/mol. The number of anilines is 2. The Kier molecular flexibility index (Phi) is 6.79. The quantitative estimate of drug-likeness (QED) is 0.475. The van der Waals surface area contributed by atoms with Gasteiger partial charge in [0.2, 0.25) is 11.9 Å². The first-order valence-electron chi connectivity index (χ1n) is 12.5. The maximum Gasteiger partial charge on any atom is 0.419 e. The third-order valence-corrected chi connectivity index (χ3v) is 9.20. The molecule has 5 rings (SSSR count). The van der Waals surface area contributed by atoms with Crippen LogP contribution in [0.15, 0.2) is 41.7 Å². The summed E-state index contributed by atoms with van der Waals surface area (Å²) < 4.78 is 55.4. The summed E-state index contributed by atoms with van der Waals surface area (Å²) in [6.45, 7) is 5.31. The average molecular weight is 547 g/mol. The molecule has 1 saturated carbocycles. The molecule has 0 bridgehead atoms. The van der Waals surface area contributed by atoms with Crippen LogP contribution in [0.5, 0.6) is 0 Å². The van der Waals surface area contributed by atoms with Crippen LogP contribution in [0.3, 0.4) is 0 Å². The van der Waals surface area contributed by atoms with Gasteiger partial charge in [0.15, 0.2) is 0 Å². The highest BCUT2D eigenvalue weighted by atomic mass is 32.2. The summed E-state index contributed by atoms with van der Waals surface area (Å²) in [6.07, 6.45) is 1.97. The van der Waals surface area contributed by atoms with Crippen molar-refractivity contribution in [3.05, 3.63) is 47.9 Å². The van der Waals surface area contributed by atoms with E-state index in [1.807, 2.05) is 24.8 Å². The van der Waals surface area contributed by atoms with Crippen molar-refractivity contribution in [1.82, 2.24) is 24.6 Å². The number of nitrogens with zero attached hydrogens (tertiary/aromatic N) is 5.